The highest BCUT2D eigenvalue weighted by Gasteiger charge is 2.34. The molecule has 0 heterocycles. The zero-order valence-electron chi connectivity index (χ0n) is 9.17. The number of amides is 1. The van der Waals surface area contributed by atoms with Crippen LogP contribution in [0.15, 0.2) is 22.7 Å². The van der Waals surface area contributed by atoms with Crippen LogP contribution in [-0.2, 0) is 0 Å². The van der Waals surface area contributed by atoms with Gasteiger partial charge in [-0.25, -0.2) is 4.39 Å². The highest BCUT2D eigenvalue weighted by molar-refractivity contribution is 9.10. The van der Waals surface area contributed by atoms with Gasteiger partial charge in [0, 0.05) is 12.1 Å². The van der Waals surface area contributed by atoms with Crippen LogP contribution in [0.5, 0.6) is 0 Å². The minimum atomic E-state index is -0.760. The Kier molecular flexibility index (Phi) is 3.49. The van der Waals surface area contributed by atoms with Gasteiger partial charge in [0.15, 0.2) is 0 Å². The summed E-state index contributed by atoms with van der Waals surface area (Å²) in [4.78, 5) is 11.7. The average Bonchev–Trinajstić information content (AvgIpc) is 2.27. The van der Waals surface area contributed by atoms with Gasteiger partial charge < -0.3 is 10.4 Å². The molecule has 2 N–H and O–H groups in total. The van der Waals surface area contributed by atoms with Crippen LogP contribution >= 0.6 is 15.9 Å². The average molecular weight is 302 g/mol. The number of carbonyl (C=O) groups is 1. The molecular weight excluding hydrogens is 289 g/mol. The summed E-state index contributed by atoms with van der Waals surface area (Å²) in [5, 5.41) is 12.4. The fourth-order valence-corrected chi connectivity index (χ4v) is 1.99. The summed E-state index contributed by atoms with van der Waals surface area (Å²) in [6.07, 6.45) is 2.41. The minimum absolute atomic E-state index is 0.226. The molecule has 1 aliphatic rings. The van der Waals surface area contributed by atoms with E-state index in [-0.39, 0.29) is 18.0 Å². The van der Waals surface area contributed by atoms with E-state index in [2.05, 4.69) is 21.2 Å². The molecule has 0 aromatic heterocycles. The first-order valence-electron chi connectivity index (χ1n) is 5.46. The van der Waals surface area contributed by atoms with Crippen molar-refractivity contribution in [3.05, 3.63) is 34.1 Å². The van der Waals surface area contributed by atoms with Gasteiger partial charge in [0.25, 0.3) is 5.91 Å². The number of halogens is 2. The summed E-state index contributed by atoms with van der Waals surface area (Å²) in [5.74, 6) is -0.836. The lowest BCUT2D eigenvalue weighted by atomic mass is 9.80. The van der Waals surface area contributed by atoms with Crippen molar-refractivity contribution >= 4 is 21.8 Å². The molecule has 3 nitrogen and oxygen atoms in total. The SMILES string of the molecule is O=C(NCC1(O)CCC1)c1ccc(Br)c(F)c1. The molecule has 17 heavy (non-hydrogen) atoms. The van der Waals surface area contributed by atoms with Crippen LogP contribution in [0, 0.1) is 5.82 Å². The van der Waals surface area contributed by atoms with E-state index in [1.54, 1.807) is 0 Å². The van der Waals surface area contributed by atoms with E-state index in [1.807, 2.05) is 0 Å². The normalized spacial score (nSPS) is 17.4. The summed E-state index contributed by atoms with van der Waals surface area (Å²) in [5.41, 5.74) is -0.502. The third-order valence-electron chi connectivity index (χ3n) is 3.04. The Hall–Kier alpha value is -0.940. The second-order valence-corrected chi connectivity index (χ2v) is 5.24. The van der Waals surface area contributed by atoms with Gasteiger partial charge in [-0.15, -0.1) is 0 Å². The third kappa shape index (κ3) is 2.84. The lowest BCUT2D eigenvalue weighted by Gasteiger charge is -2.36. The maximum Gasteiger partial charge on any atom is 0.251 e. The molecular formula is C12H13BrFNO2. The van der Waals surface area contributed by atoms with Crippen molar-refractivity contribution in [2.45, 2.75) is 24.9 Å². The molecule has 1 amide bonds. The van der Waals surface area contributed by atoms with E-state index in [1.165, 1.54) is 18.2 Å². The third-order valence-corrected chi connectivity index (χ3v) is 3.69. The van der Waals surface area contributed by atoms with Crippen LogP contribution in [0.25, 0.3) is 0 Å². The molecule has 1 aromatic carbocycles. The molecule has 0 radical (unpaired) electrons. The molecule has 1 aliphatic carbocycles. The Labute approximate surface area is 107 Å². The number of rotatable bonds is 3. The number of aliphatic hydroxyl groups is 1. The number of benzene rings is 1. The van der Waals surface area contributed by atoms with Gasteiger partial charge in [0.1, 0.15) is 5.82 Å². The number of carbonyl (C=O) groups excluding carboxylic acids is 1. The van der Waals surface area contributed by atoms with E-state index < -0.39 is 11.4 Å². The van der Waals surface area contributed by atoms with Crippen molar-refractivity contribution in [1.29, 1.82) is 0 Å². The van der Waals surface area contributed by atoms with Crippen LogP contribution in [0.2, 0.25) is 0 Å². The second-order valence-electron chi connectivity index (χ2n) is 4.39. The summed E-state index contributed by atoms with van der Waals surface area (Å²) >= 11 is 3.02. The number of hydrogen-bond donors (Lipinski definition) is 2. The monoisotopic (exact) mass is 301 g/mol. The first-order valence-corrected chi connectivity index (χ1v) is 6.25. The first kappa shape index (κ1) is 12.5. The van der Waals surface area contributed by atoms with Crippen LogP contribution in [0.3, 0.4) is 0 Å². The fourth-order valence-electron chi connectivity index (χ4n) is 1.75. The molecule has 1 fully saturated rings. The summed E-state index contributed by atoms with van der Waals surface area (Å²) in [7, 11) is 0. The van der Waals surface area contributed by atoms with Crippen molar-refractivity contribution in [2.24, 2.45) is 0 Å². The van der Waals surface area contributed by atoms with Gasteiger partial charge >= 0.3 is 0 Å². The standard InChI is InChI=1S/C12H13BrFNO2/c13-9-3-2-8(6-10(9)14)11(16)15-7-12(17)4-1-5-12/h2-3,6,17H,1,4-5,7H2,(H,15,16). The quantitative estimate of drug-likeness (QED) is 0.899. The summed E-state index contributed by atoms with van der Waals surface area (Å²) < 4.78 is 13.5. The van der Waals surface area contributed by atoms with Gasteiger partial charge in [0.2, 0.25) is 0 Å². The maximum absolute atomic E-state index is 13.2. The smallest absolute Gasteiger partial charge is 0.251 e. The van der Waals surface area contributed by atoms with E-state index in [0.29, 0.717) is 17.3 Å². The van der Waals surface area contributed by atoms with Crippen molar-refractivity contribution in [2.75, 3.05) is 6.54 Å². The van der Waals surface area contributed by atoms with Crippen LogP contribution < -0.4 is 5.32 Å². The van der Waals surface area contributed by atoms with E-state index in [9.17, 15) is 14.3 Å². The van der Waals surface area contributed by atoms with Crippen molar-refractivity contribution < 1.29 is 14.3 Å². The molecule has 0 bridgehead atoms. The van der Waals surface area contributed by atoms with E-state index in [0.717, 1.165) is 6.42 Å². The molecule has 1 saturated carbocycles. The topological polar surface area (TPSA) is 49.3 Å². The molecule has 0 atom stereocenters. The van der Waals surface area contributed by atoms with Gasteiger partial charge in [-0.1, -0.05) is 0 Å². The molecule has 0 saturated heterocycles. The zero-order chi connectivity index (χ0) is 12.5. The number of nitrogens with one attached hydrogen (secondary N) is 1. The Morgan fingerprint density at radius 3 is 2.76 bits per heavy atom. The highest BCUT2D eigenvalue weighted by Crippen LogP contribution is 2.30. The van der Waals surface area contributed by atoms with Crippen molar-refractivity contribution in [3.63, 3.8) is 0 Å². The first-order chi connectivity index (χ1) is 8.00. The number of hydrogen-bond acceptors (Lipinski definition) is 2. The maximum atomic E-state index is 13.2. The Morgan fingerprint density at radius 2 is 2.24 bits per heavy atom. The van der Waals surface area contributed by atoms with Gasteiger partial charge in [-0.05, 0) is 53.4 Å². The molecule has 1 aromatic rings. The molecule has 2 rings (SSSR count). The van der Waals surface area contributed by atoms with Crippen LogP contribution in [0.1, 0.15) is 29.6 Å². The van der Waals surface area contributed by atoms with Crippen LogP contribution in [0.4, 0.5) is 4.39 Å². The zero-order valence-corrected chi connectivity index (χ0v) is 10.8. The molecule has 0 aliphatic heterocycles. The Balaban J connectivity index is 1.97. The van der Waals surface area contributed by atoms with Crippen LogP contribution in [-0.4, -0.2) is 23.2 Å². The predicted octanol–water partition coefficient (Wildman–Crippen LogP) is 2.23. The molecule has 5 heteroatoms. The lowest BCUT2D eigenvalue weighted by Crippen LogP contribution is -2.47. The molecule has 0 spiro atoms. The lowest BCUT2D eigenvalue weighted by molar-refractivity contribution is -0.0300. The summed E-state index contributed by atoms with van der Waals surface area (Å²) in [6.45, 7) is 0.226. The molecule has 92 valence electrons. The minimum Gasteiger partial charge on any atom is -0.388 e. The van der Waals surface area contributed by atoms with Gasteiger partial charge in [0.05, 0.1) is 10.1 Å². The second kappa shape index (κ2) is 4.74. The Bertz CT molecular complexity index is 446. The van der Waals surface area contributed by atoms with Gasteiger partial charge in [-0.2, -0.15) is 0 Å². The summed E-state index contributed by atoms with van der Waals surface area (Å²) in [6, 6.07) is 4.19. The Morgan fingerprint density at radius 1 is 1.53 bits per heavy atom. The van der Waals surface area contributed by atoms with E-state index in [4.69, 9.17) is 0 Å². The van der Waals surface area contributed by atoms with Crippen molar-refractivity contribution in [3.8, 4) is 0 Å². The largest absolute Gasteiger partial charge is 0.388 e. The van der Waals surface area contributed by atoms with Gasteiger partial charge in [-0.3, -0.25) is 4.79 Å². The predicted molar refractivity (Wildman–Crippen MR) is 65.2 cm³/mol. The van der Waals surface area contributed by atoms with Crippen molar-refractivity contribution in [1.82, 2.24) is 5.32 Å². The van der Waals surface area contributed by atoms with E-state index >= 15 is 0 Å². The fraction of sp³-hybridized carbons (Fsp3) is 0.417. The highest BCUT2D eigenvalue weighted by atomic mass is 79.9. The molecule has 0 unspecified atom stereocenters.